The van der Waals surface area contributed by atoms with Crippen molar-refractivity contribution in [3.05, 3.63) is 0 Å². The molecule has 0 saturated heterocycles. The molecule has 0 aromatic heterocycles. The van der Waals surface area contributed by atoms with Crippen molar-refractivity contribution in [1.29, 1.82) is 0 Å². The Morgan fingerprint density at radius 2 is 1.50 bits per heavy atom. The molecule has 2 saturated carbocycles. The molecule has 1 spiro atoms. The smallest absolute Gasteiger partial charge is 0.0292 e. The van der Waals surface area contributed by atoms with Crippen LogP contribution >= 0.6 is 0 Å². The van der Waals surface area contributed by atoms with Gasteiger partial charge < -0.3 is 0 Å². The molecule has 0 aromatic rings. The van der Waals surface area contributed by atoms with Crippen LogP contribution in [0.5, 0.6) is 0 Å². The minimum Gasteiger partial charge on any atom is -0.0625 e. The Labute approximate surface area is 102 Å². The van der Waals surface area contributed by atoms with Gasteiger partial charge in [0, 0.05) is 0 Å². The van der Waals surface area contributed by atoms with Crippen LogP contribution in [0.1, 0.15) is 73.1 Å². The SMILES string of the molecule is CC(C)C1CCC2(CC1)CC(C(C)(C)C)C2. The number of hydrogen-bond acceptors (Lipinski definition) is 0. The van der Waals surface area contributed by atoms with Crippen molar-refractivity contribution in [3.8, 4) is 0 Å². The van der Waals surface area contributed by atoms with Crippen LogP contribution < -0.4 is 0 Å². The molecule has 0 N–H and O–H groups in total. The van der Waals surface area contributed by atoms with Gasteiger partial charge in [0.25, 0.3) is 0 Å². The van der Waals surface area contributed by atoms with E-state index in [-0.39, 0.29) is 0 Å². The Bertz CT molecular complexity index is 227. The highest BCUT2D eigenvalue weighted by Crippen LogP contribution is 2.60. The van der Waals surface area contributed by atoms with E-state index in [0.717, 1.165) is 23.2 Å². The van der Waals surface area contributed by atoms with Crippen LogP contribution in [-0.2, 0) is 0 Å². The minimum atomic E-state index is 0.556. The zero-order valence-electron chi connectivity index (χ0n) is 12.0. The molecule has 0 bridgehead atoms. The largest absolute Gasteiger partial charge is 0.0625 e. The molecule has 0 amide bonds. The molecule has 0 nitrogen and oxygen atoms in total. The van der Waals surface area contributed by atoms with Crippen molar-refractivity contribution >= 4 is 0 Å². The lowest BCUT2D eigenvalue weighted by Crippen LogP contribution is -2.45. The van der Waals surface area contributed by atoms with Crippen molar-refractivity contribution < 1.29 is 0 Å². The summed E-state index contributed by atoms with van der Waals surface area (Å²) in [7, 11) is 0. The van der Waals surface area contributed by atoms with Gasteiger partial charge in [-0.2, -0.15) is 0 Å². The summed E-state index contributed by atoms with van der Waals surface area (Å²) >= 11 is 0. The Morgan fingerprint density at radius 3 is 1.88 bits per heavy atom. The van der Waals surface area contributed by atoms with Crippen molar-refractivity contribution in [2.45, 2.75) is 73.1 Å². The summed E-state index contributed by atoms with van der Waals surface area (Å²) in [4.78, 5) is 0. The summed E-state index contributed by atoms with van der Waals surface area (Å²) in [5, 5.41) is 0. The summed E-state index contributed by atoms with van der Waals surface area (Å²) in [5.41, 5.74) is 1.35. The third-order valence-corrected chi connectivity index (χ3v) is 5.62. The highest BCUT2D eigenvalue weighted by atomic mass is 14.5. The van der Waals surface area contributed by atoms with Crippen LogP contribution in [0.3, 0.4) is 0 Å². The highest BCUT2D eigenvalue weighted by molar-refractivity contribution is 5.00. The monoisotopic (exact) mass is 222 g/mol. The van der Waals surface area contributed by atoms with E-state index in [2.05, 4.69) is 34.6 Å². The van der Waals surface area contributed by atoms with Gasteiger partial charge in [-0.3, -0.25) is 0 Å². The van der Waals surface area contributed by atoms with E-state index in [4.69, 9.17) is 0 Å². The third-order valence-electron chi connectivity index (χ3n) is 5.62. The summed E-state index contributed by atoms with van der Waals surface area (Å²) in [6.45, 7) is 12.1. The average Bonchev–Trinajstić information content (AvgIpc) is 2.12. The number of rotatable bonds is 1. The van der Waals surface area contributed by atoms with Crippen LogP contribution in [0.2, 0.25) is 0 Å². The maximum Gasteiger partial charge on any atom is -0.0292 e. The summed E-state index contributed by atoms with van der Waals surface area (Å²) in [5.74, 6) is 2.94. The zero-order chi connectivity index (χ0) is 12.0. The Morgan fingerprint density at radius 1 is 1.00 bits per heavy atom. The lowest BCUT2D eigenvalue weighted by atomic mass is 9.49. The summed E-state index contributed by atoms with van der Waals surface area (Å²) < 4.78 is 0. The summed E-state index contributed by atoms with van der Waals surface area (Å²) in [6, 6.07) is 0. The predicted octanol–water partition coefficient (Wildman–Crippen LogP) is 5.28. The average molecular weight is 222 g/mol. The maximum absolute atomic E-state index is 2.42. The van der Waals surface area contributed by atoms with E-state index >= 15 is 0 Å². The van der Waals surface area contributed by atoms with Crippen molar-refractivity contribution in [1.82, 2.24) is 0 Å². The molecule has 0 heteroatoms. The lowest BCUT2D eigenvalue weighted by Gasteiger charge is -2.56. The summed E-state index contributed by atoms with van der Waals surface area (Å²) in [6.07, 6.45) is 9.14. The zero-order valence-corrected chi connectivity index (χ0v) is 12.0. The van der Waals surface area contributed by atoms with E-state index in [0.29, 0.717) is 5.41 Å². The molecule has 0 unspecified atom stereocenters. The predicted molar refractivity (Wildman–Crippen MR) is 71.4 cm³/mol. The molecule has 2 aliphatic carbocycles. The van der Waals surface area contributed by atoms with E-state index in [9.17, 15) is 0 Å². The Kier molecular flexibility index (Phi) is 3.14. The van der Waals surface area contributed by atoms with E-state index in [1.54, 1.807) is 0 Å². The molecule has 0 aliphatic heterocycles. The second kappa shape index (κ2) is 4.03. The number of hydrogen-bond donors (Lipinski definition) is 0. The first-order valence-electron chi connectivity index (χ1n) is 7.32. The fraction of sp³-hybridized carbons (Fsp3) is 1.00. The van der Waals surface area contributed by atoms with E-state index in [1.165, 1.54) is 38.5 Å². The standard InChI is InChI=1S/C16H30/c1-12(2)13-6-8-16(9-7-13)10-14(11-16)15(3,4)5/h12-14H,6-11H2,1-5H3. The first-order chi connectivity index (χ1) is 7.32. The van der Waals surface area contributed by atoms with Gasteiger partial charge in [-0.1, -0.05) is 34.6 Å². The van der Waals surface area contributed by atoms with Gasteiger partial charge in [0.1, 0.15) is 0 Å². The molecule has 0 aromatic carbocycles. The Hall–Kier alpha value is 0. The van der Waals surface area contributed by atoms with Crippen LogP contribution in [-0.4, -0.2) is 0 Å². The molecule has 16 heavy (non-hydrogen) atoms. The van der Waals surface area contributed by atoms with Gasteiger partial charge in [0.05, 0.1) is 0 Å². The fourth-order valence-corrected chi connectivity index (χ4v) is 3.93. The lowest BCUT2D eigenvalue weighted by molar-refractivity contribution is -0.0526. The molecule has 0 radical (unpaired) electrons. The molecule has 2 rings (SSSR count). The molecule has 94 valence electrons. The van der Waals surface area contributed by atoms with Gasteiger partial charge >= 0.3 is 0 Å². The molecule has 2 fully saturated rings. The van der Waals surface area contributed by atoms with Crippen LogP contribution in [0, 0.1) is 28.6 Å². The highest BCUT2D eigenvalue weighted by Gasteiger charge is 2.49. The van der Waals surface area contributed by atoms with Crippen LogP contribution in [0.4, 0.5) is 0 Å². The van der Waals surface area contributed by atoms with E-state index in [1.807, 2.05) is 0 Å². The third kappa shape index (κ3) is 2.31. The quantitative estimate of drug-likeness (QED) is 0.566. The minimum absolute atomic E-state index is 0.556. The molecular weight excluding hydrogens is 192 g/mol. The van der Waals surface area contributed by atoms with Gasteiger partial charge in [0.2, 0.25) is 0 Å². The second-order valence-electron chi connectivity index (χ2n) is 8.05. The van der Waals surface area contributed by atoms with Crippen LogP contribution in [0.15, 0.2) is 0 Å². The molecule has 2 aliphatic rings. The van der Waals surface area contributed by atoms with Crippen molar-refractivity contribution in [2.75, 3.05) is 0 Å². The molecule has 0 atom stereocenters. The van der Waals surface area contributed by atoms with Gasteiger partial charge in [-0.25, -0.2) is 0 Å². The van der Waals surface area contributed by atoms with Crippen molar-refractivity contribution in [2.24, 2.45) is 28.6 Å². The van der Waals surface area contributed by atoms with Crippen LogP contribution in [0.25, 0.3) is 0 Å². The fourth-order valence-electron chi connectivity index (χ4n) is 3.93. The van der Waals surface area contributed by atoms with Gasteiger partial charge in [0.15, 0.2) is 0 Å². The molecular formula is C16H30. The first kappa shape index (κ1) is 12.5. The maximum atomic E-state index is 2.42. The van der Waals surface area contributed by atoms with Gasteiger partial charge in [-0.05, 0) is 67.1 Å². The van der Waals surface area contributed by atoms with E-state index < -0.39 is 0 Å². The second-order valence-corrected chi connectivity index (χ2v) is 8.05. The van der Waals surface area contributed by atoms with Gasteiger partial charge in [-0.15, -0.1) is 0 Å². The van der Waals surface area contributed by atoms with Crippen molar-refractivity contribution in [3.63, 3.8) is 0 Å². The molecule has 0 heterocycles. The Balaban J connectivity index is 1.83. The first-order valence-corrected chi connectivity index (χ1v) is 7.32. The normalized spacial score (nSPS) is 40.1. The topological polar surface area (TPSA) is 0 Å².